The summed E-state index contributed by atoms with van der Waals surface area (Å²) in [5.74, 6) is -1.68. The number of aliphatic hydroxyl groups excluding tert-OH is 3. The number of carbonyl (C=O) groups is 1. The Kier molecular flexibility index (Phi) is 4.23. The maximum atomic E-state index is 10.6. The lowest BCUT2D eigenvalue weighted by Gasteiger charge is -2.38. The fraction of sp³-hybridized carbons (Fsp3) is 0.833. The van der Waals surface area contributed by atoms with Gasteiger partial charge < -0.3 is 34.9 Å². The molecule has 0 aliphatic carbocycles. The molecule has 1 rings (SSSR count). The van der Waals surface area contributed by atoms with Gasteiger partial charge in [-0.1, -0.05) is 0 Å². The number of ether oxygens (including phenoxy) is 1. The van der Waals surface area contributed by atoms with Gasteiger partial charge in [0.25, 0.3) is 0 Å². The highest BCUT2D eigenvalue weighted by Crippen LogP contribution is 2.40. The Morgan fingerprint density at radius 3 is 2.06 bits per heavy atom. The lowest BCUT2D eigenvalue weighted by Crippen LogP contribution is -2.60. The molecule has 1 unspecified atom stereocenters. The first-order chi connectivity index (χ1) is 7.63. The first-order valence-corrected chi connectivity index (χ1v) is 5.83. The van der Waals surface area contributed by atoms with E-state index in [0.29, 0.717) is 0 Å². The van der Waals surface area contributed by atoms with Crippen LogP contribution in [0.5, 0.6) is 0 Å². The minimum Gasteiger partial charge on any atom is -0.479 e. The van der Waals surface area contributed by atoms with E-state index in [2.05, 4.69) is 9.26 Å². The van der Waals surface area contributed by atoms with E-state index in [1.165, 1.54) is 0 Å². The number of phosphoric acid groups is 1. The zero-order valence-corrected chi connectivity index (χ0v) is 9.04. The zero-order valence-electron chi connectivity index (χ0n) is 8.15. The second-order valence-electron chi connectivity index (χ2n) is 3.33. The number of aliphatic hydroxyl groups is 3. The largest absolute Gasteiger partial charge is 0.479 e. The van der Waals surface area contributed by atoms with Crippen LogP contribution in [-0.2, 0) is 18.6 Å². The van der Waals surface area contributed by atoms with Crippen molar-refractivity contribution in [3.8, 4) is 0 Å². The van der Waals surface area contributed by atoms with Crippen LogP contribution in [0.1, 0.15) is 0 Å². The zero-order chi connectivity index (χ0) is 13.4. The van der Waals surface area contributed by atoms with Gasteiger partial charge in [0.15, 0.2) is 12.4 Å². The fourth-order valence-electron chi connectivity index (χ4n) is 1.27. The standard InChI is InChI=1S/C6H11O10P/c7-1-2(8)4(5(10)11)15-6(3(1)9)16-17(12,13)14/h1-4,6-9H,(H,10,11)(H2,12,13,14)/t1-,2-,3+,4-,6?/m0/s1. The monoisotopic (exact) mass is 274 g/mol. The van der Waals surface area contributed by atoms with E-state index < -0.39 is 44.5 Å². The summed E-state index contributed by atoms with van der Waals surface area (Å²) in [6.45, 7) is 0. The van der Waals surface area contributed by atoms with Crippen LogP contribution in [-0.4, -0.2) is 66.9 Å². The molecule has 1 aliphatic heterocycles. The predicted octanol–water partition coefficient (Wildman–Crippen LogP) is -3.01. The van der Waals surface area contributed by atoms with Gasteiger partial charge >= 0.3 is 13.8 Å². The van der Waals surface area contributed by atoms with Crippen molar-refractivity contribution < 1.29 is 48.8 Å². The minimum absolute atomic E-state index is 1.68. The molecular weight excluding hydrogens is 263 g/mol. The molecule has 0 amide bonds. The molecule has 0 aromatic carbocycles. The Morgan fingerprint density at radius 1 is 1.12 bits per heavy atom. The van der Waals surface area contributed by atoms with Gasteiger partial charge in [0.2, 0.25) is 0 Å². The van der Waals surface area contributed by atoms with Crippen LogP contribution in [0.3, 0.4) is 0 Å². The summed E-state index contributed by atoms with van der Waals surface area (Å²) in [7, 11) is -5.05. The maximum Gasteiger partial charge on any atom is 0.472 e. The molecule has 1 aliphatic rings. The van der Waals surface area contributed by atoms with Crippen molar-refractivity contribution in [2.45, 2.75) is 30.7 Å². The third-order valence-corrected chi connectivity index (χ3v) is 2.54. The molecule has 1 saturated heterocycles. The Hall–Kier alpha value is -0.580. The second kappa shape index (κ2) is 4.96. The summed E-state index contributed by atoms with van der Waals surface area (Å²) in [4.78, 5) is 27.5. The molecule has 1 fully saturated rings. The lowest BCUT2D eigenvalue weighted by molar-refractivity contribution is -0.274. The van der Waals surface area contributed by atoms with Gasteiger partial charge in [-0.3, -0.25) is 4.52 Å². The predicted molar refractivity (Wildman–Crippen MR) is 47.4 cm³/mol. The molecule has 11 heteroatoms. The van der Waals surface area contributed by atoms with Crippen molar-refractivity contribution in [1.29, 1.82) is 0 Å². The third-order valence-electron chi connectivity index (χ3n) is 2.05. The van der Waals surface area contributed by atoms with Crippen LogP contribution >= 0.6 is 7.82 Å². The van der Waals surface area contributed by atoms with E-state index in [1.54, 1.807) is 0 Å². The number of phosphoric ester groups is 1. The molecule has 0 bridgehead atoms. The van der Waals surface area contributed by atoms with Crippen LogP contribution in [0.4, 0.5) is 0 Å². The minimum atomic E-state index is -5.05. The molecule has 0 spiro atoms. The Bertz CT molecular complexity index is 338. The van der Waals surface area contributed by atoms with Crippen molar-refractivity contribution in [3.63, 3.8) is 0 Å². The van der Waals surface area contributed by atoms with Crippen molar-refractivity contribution in [2.75, 3.05) is 0 Å². The molecule has 5 atom stereocenters. The summed E-state index contributed by atoms with van der Waals surface area (Å²) in [5, 5.41) is 36.4. The molecule has 1 heterocycles. The van der Waals surface area contributed by atoms with Crippen molar-refractivity contribution in [1.82, 2.24) is 0 Å². The van der Waals surface area contributed by atoms with Crippen LogP contribution in [0.2, 0.25) is 0 Å². The second-order valence-corrected chi connectivity index (χ2v) is 4.52. The number of hydrogen-bond donors (Lipinski definition) is 6. The average molecular weight is 274 g/mol. The molecule has 100 valence electrons. The number of aliphatic carboxylic acids is 1. The number of hydrogen-bond acceptors (Lipinski definition) is 7. The first-order valence-electron chi connectivity index (χ1n) is 4.30. The van der Waals surface area contributed by atoms with Gasteiger partial charge in [0.1, 0.15) is 18.3 Å². The summed E-state index contributed by atoms with van der Waals surface area (Å²) < 4.78 is 18.9. The topological polar surface area (TPSA) is 174 Å². The third kappa shape index (κ3) is 3.44. The quantitative estimate of drug-likeness (QED) is 0.291. The fourth-order valence-corrected chi connectivity index (χ4v) is 1.72. The number of carboxylic acids is 1. The normalized spacial score (nSPS) is 39.0. The SMILES string of the molecule is O=C(O)[C@H]1OC(OP(=O)(O)O)[C@H](O)[C@@H](O)[C@@H]1O. The van der Waals surface area contributed by atoms with E-state index in [0.717, 1.165) is 0 Å². The Labute approximate surface area is 94.3 Å². The Balaban J connectivity index is 2.85. The highest BCUT2D eigenvalue weighted by atomic mass is 31.2. The van der Waals surface area contributed by atoms with Gasteiger partial charge in [-0.05, 0) is 0 Å². The average Bonchev–Trinajstić information content (AvgIpc) is 2.16. The van der Waals surface area contributed by atoms with Crippen molar-refractivity contribution >= 4 is 13.8 Å². The highest BCUT2D eigenvalue weighted by Gasteiger charge is 2.49. The van der Waals surface area contributed by atoms with Crippen molar-refractivity contribution in [2.24, 2.45) is 0 Å². The van der Waals surface area contributed by atoms with E-state index in [-0.39, 0.29) is 0 Å². The maximum absolute atomic E-state index is 10.6. The smallest absolute Gasteiger partial charge is 0.472 e. The van der Waals surface area contributed by atoms with E-state index in [4.69, 9.17) is 14.9 Å². The number of rotatable bonds is 3. The summed E-state index contributed by atoms with van der Waals surface area (Å²) >= 11 is 0. The van der Waals surface area contributed by atoms with Crippen LogP contribution in [0, 0.1) is 0 Å². The van der Waals surface area contributed by atoms with E-state index >= 15 is 0 Å². The van der Waals surface area contributed by atoms with Gasteiger partial charge in [-0.15, -0.1) is 0 Å². The van der Waals surface area contributed by atoms with Crippen molar-refractivity contribution in [3.05, 3.63) is 0 Å². The molecule has 6 N–H and O–H groups in total. The summed E-state index contributed by atoms with van der Waals surface area (Å²) in [6, 6.07) is 0. The molecule has 0 saturated carbocycles. The molecule has 0 radical (unpaired) electrons. The van der Waals surface area contributed by atoms with Gasteiger partial charge in [0.05, 0.1) is 0 Å². The molecule has 17 heavy (non-hydrogen) atoms. The molecule has 10 nitrogen and oxygen atoms in total. The first kappa shape index (κ1) is 14.5. The highest BCUT2D eigenvalue weighted by molar-refractivity contribution is 7.46. The van der Waals surface area contributed by atoms with Crippen LogP contribution < -0.4 is 0 Å². The van der Waals surface area contributed by atoms with Crippen LogP contribution in [0.15, 0.2) is 0 Å². The molecule has 0 aromatic heterocycles. The van der Waals surface area contributed by atoms with E-state index in [9.17, 15) is 24.7 Å². The molecular formula is C6H11O10P. The Morgan fingerprint density at radius 2 is 1.65 bits per heavy atom. The summed E-state index contributed by atoms with van der Waals surface area (Å²) in [5.41, 5.74) is 0. The van der Waals surface area contributed by atoms with Gasteiger partial charge in [-0.25, -0.2) is 9.36 Å². The number of carboxylic acid groups (broad SMARTS) is 1. The van der Waals surface area contributed by atoms with Gasteiger partial charge in [-0.2, -0.15) is 0 Å². The van der Waals surface area contributed by atoms with Crippen LogP contribution in [0.25, 0.3) is 0 Å². The lowest BCUT2D eigenvalue weighted by atomic mass is 9.99. The molecule has 0 aromatic rings. The summed E-state index contributed by atoms with van der Waals surface area (Å²) in [6.07, 6.45) is -9.94. The van der Waals surface area contributed by atoms with Gasteiger partial charge in [0, 0.05) is 0 Å². The van der Waals surface area contributed by atoms with E-state index in [1.807, 2.05) is 0 Å².